The van der Waals surface area contributed by atoms with E-state index in [4.69, 9.17) is 37.8 Å². The Morgan fingerprint density at radius 1 is 1.00 bits per heavy atom. The zero-order valence-corrected chi connectivity index (χ0v) is 17.2. The molecule has 6 heteroatoms. The molecule has 0 bridgehead atoms. The van der Waals surface area contributed by atoms with Crippen LogP contribution in [0.15, 0.2) is 71.8 Å². The van der Waals surface area contributed by atoms with Gasteiger partial charge in [0.15, 0.2) is 0 Å². The Balaban J connectivity index is 1.59. The fraction of sp³-hybridized carbons (Fsp3) is 0.174. The van der Waals surface area contributed by atoms with E-state index in [1.165, 1.54) is 0 Å². The van der Waals surface area contributed by atoms with Crippen molar-refractivity contribution in [3.8, 4) is 11.5 Å². The summed E-state index contributed by atoms with van der Waals surface area (Å²) in [6.45, 7) is 0. The number of fused-ring (bicyclic) bond motifs is 3. The van der Waals surface area contributed by atoms with E-state index < -0.39 is 0 Å². The summed E-state index contributed by atoms with van der Waals surface area (Å²) in [7, 11) is 1.67. The summed E-state index contributed by atoms with van der Waals surface area (Å²) in [5.74, 6) is 1.64. The van der Waals surface area contributed by atoms with Crippen LogP contribution >= 0.6 is 23.2 Å². The van der Waals surface area contributed by atoms with Crippen molar-refractivity contribution < 1.29 is 9.47 Å². The highest BCUT2D eigenvalue weighted by molar-refractivity contribution is 6.30. The molecule has 0 radical (unpaired) electrons. The van der Waals surface area contributed by atoms with Gasteiger partial charge in [-0.15, -0.1) is 0 Å². The molecule has 0 spiro atoms. The minimum absolute atomic E-state index is 0.0410. The lowest BCUT2D eigenvalue weighted by Gasteiger charge is -2.38. The Morgan fingerprint density at radius 2 is 1.79 bits per heavy atom. The van der Waals surface area contributed by atoms with E-state index in [1.807, 2.05) is 65.7 Å². The second-order valence-corrected chi connectivity index (χ2v) is 7.96. The predicted molar refractivity (Wildman–Crippen MR) is 115 cm³/mol. The van der Waals surface area contributed by atoms with Crippen molar-refractivity contribution >= 4 is 28.9 Å². The van der Waals surface area contributed by atoms with Crippen LogP contribution in [-0.4, -0.2) is 17.8 Å². The largest absolute Gasteiger partial charge is 0.497 e. The predicted octanol–water partition coefficient (Wildman–Crippen LogP) is 6.24. The Labute approximate surface area is 179 Å². The number of nitrogens with zero attached hydrogens (tertiary/aromatic N) is 2. The number of ether oxygens (including phenoxy) is 2. The first-order chi connectivity index (χ1) is 14.1. The number of hydrazone groups is 1. The zero-order valence-electron chi connectivity index (χ0n) is 15.7. The number of benzene rings is 3. The summed E-state index contributed by atoms with van der Waals surface area (Å²) in [5.41, 5.74) is 4.07. The zero-order chi connectivity index (χ0) is 20.0. The Bertz CT molecular complexity index is 1100. The molecular formula is C23H18Cl2N2O2. The summed E-state index contributed by atoms with van der Waals surface area (Å²) in [6, 6.07) is 21.5. The minimum Gasteiger partial charge on any atom is -0.497 e. The van der Waals surface area contributed by atoms with Crippen LogP contribution in [0.25, 0.3) is 0 Å². The maximum absolute atomic E-state index is 6.35. The smallest absolute Gasteiger partial charge is 0.213 e. The molecular weight excluding hydrogens is 407 g/mol. The van der Waals surface area contributed by atoms with Gasteiger partial charge in [0.25, 0.3) is 0 Å². The number of halogens is 2. The second-order valence-electron chi connectivity index (χ2n) is 7.08. The summed E-state index contributed by atoms with van der Waals surface area (Å²) in [5, 5.41) is 8.36. The van der Waals surface area contributed by atoms with Gasteiger partial charge < -0.3 is 9.47 Å². The fourth-order valence-corrected chi connectivity index (χ4v) is 4.19. The monoisotopic (exact) mass is 424 g/mol. The van der Waals surface area contributed by atoms with Gasteiger partial charge in [0.1, 0.15) is 11.5 Å². The normalized spacial score (nSPS) is 19.8. The molecule has 0 fully saturated rings. The van der Waals surface area contributed by atoms with Crippen molar-refractivity contribution in [3.05, 3.63) is 93.5 Å². The molecule has 4 nitrogen and oxygen atoms in total. The maximum Gasteiger partial charge on any atom is 0.213 e. The van der Waals surface area contributed by atoms with Crippen molar-refractivity contribution in [1.29, 1.82) is 0 Å². The first-order valence-corrected chi connectivity index (χ1v) is 10.1. The molecule has 2 aliphatic heterocycles. The molecule has 3 aromatic carbocycles. The van der Waals surface area contributed by atoms with Crippen molar-refractivity contribution in [3.63, 3.8) is 0 Å². The van der Waals surface area contributed by atoms with E-state index in [-0.39, 0.29) is 12.3 Å². The number of hydrogen-bond acceptors (Lipinski definition) is 4. The highest BCUT2D eigenvalue weighted by atomic mass is 35.5. The third-order valence-corrected chi connectivity index (χ3v) is 5.80. The van der Waals surface area contributed by atoms with Crippen LogP contribution in [-0.2, 0) is 0 Å². The molecule has 2 heterocycles. The van der Waals surface area contributed by atoms with Gasteiger partial charge >= 0.3 is 0 Å². The quantitative estimate of drug-likeness (QED) is 0.498. The molecule has 0 amide bonds. The van der Waals surface area contributed by atoms with E-state index in [0.717, 1.165) is 40.3 Å². The Kier molecular flexibility index (Phi) is 4.61. The van der Waals surface area contributed by atoms with Gasteiger partial charge in [-0.1, -0.05) is 47.5 Å². The first-order valence-electron chi connectivity index (χ1n) is 9.34. The number of methoxy groups -OCH3 is 1. The van der Waals surface area contributed by atoms with Crippen molar-refractivity contribution in [2.45, 2.75) is 18.7 Å². The fourth-order valence-electron chi connectivity index (χ4n) is 3.88. The average molecular weight is 425 g/mol. The molecule has 2 atom stereocenters. The van der Waals surface area contributed by atoms with Gasteiger partial charge in [-0.25, -0.2) is 5.01 Å². The highest BCUT2D eigenvalue weighted by Gasteiger charge is 2.41. The van der Waals surface area contributed by atoms with E-state index in [1.54, 1.807) is 7.11 Å². The van der Waals surface area contributed by atoms with Crippen LogP contribution in [0.1, 0.15) is 35.4 Å². The summed E-state index contributed by atoms with van der Waals surface area (Å²) in [4.78, 5) is 0. The number of rotatable bonds is 3. The molecule has 0 unspecified atom stereocenters. The van der Waals surface area contributed by atoms with Gasteiger partial charge in [0.05, 0.1) is 18.9 Å². The molecule has 0 aliphatic carbocycles. The summed E-state index contributed by atoms with van der Waals surface area (Å²) in [6.07, 6.45) is 0.419. The summed E-state index contributed by atoms with van der Waals surface area (Å²) < 4.78 is 11.7. The maximum atomic E-state index is 6.35. The van der Waals surface area contributed by atoms with Crippen LogP contribution in [0.3, 0.4) is 0 Å². The van der Waals surface area contributed by atoms with Crippen LogP contribution in [0.2, 0.25) is 10.0 Å². The molecule has 0 saturated heterocycles. The van der Waals surface area contributed by atoms with Crippen LogP contribution < -0.4 is 9.47 Å². The van der Waals surface area contributed by atoms with E-state index in [0.29, 0.717) is 10.0 Å². The van der Waals surface area contributed by atoms with E-state index >= 15 is 0 Å². The van der Waals surface area contributed by atoms with Crippen LogP contribution in [0, 0.1) is 0 Å². The molecule has 0 N–H and O–H groups in total. The molecule has 0 saturated carbocycles. The van der Waals surface area contributed by atoms with Gasteiger partial charge in [-0.2, -0.15) is 5.10 Å². The van der Waals surface area contributed by atoms with Gasteiger partial charge in [-0.3, -0.25) is 0 Å². The molecule has 3 aromatic rings. The average Bonchev–Trinajstić information content (AvgIpc) is 3.20. The molecule has 2 aliphatic rings. The third kappa shape index (κ3) is 3.33. The molecule has 29 heavy (non-hydrogen) atoms. The van der Waals surface area contributed by atoms with E-state index in [9.17, 15) is 0 Å². The number of hydrogen-bond donors (Lipinski definition) is 0. The SMILES string of the molecule is COc1cccc(C2=NN3[C@H](C2)c2cc(Cl)ccc2O[C@@H]3c2ccc(Cl)cc2)c1. The molecule has 146 valence electrons. The summed E-state index contributed by atoms with van der Waals surface area (Å²) >= 11 is 12.4. The molecule has 0 aromatic heterocycles. The Hall–Kier alpha value is -2.69. The lowest BCUT2D eigenvalue weighted by Crippen LogP contribution is -2.33. The third-order valence-electron chi connectivity index (χ3n) is 5.31. The van der Waals surface area contributed by atoms with Crippen molar-refractivity contribution in [1.82, 2.24) is 5.01 Å². The minimum atomic E-state index is -0.339. The van der Waals surface area contributed by atoms with Gasteiger partial charge in [0.2, 0.25) is 6.23 Å². The lowest BCUT2D eigenvalue weighted by atomic mass is 9.96. The van der Waals surface area contributed by atoms with Crippen molar-refractivity contribution in [2.75, 3.05) is 7.11 Å². The first kappa shape index (κ1) is 18.3. The topological polar surface area (TPSA) is 34.1 Å². The standard InChI is InChI=1S/C23H18Cl2N2O2/c1-28-18-4-2-3-15(11-18)20-13-21-19-12-17(25)9-10-22(19)29-23(27(21)26-20)14-5-7-16(24)8-6-14/h2-12,21,23H,13H2,1H3/t21-,23-/m1/s1. The lowest BCUT2D eigenvalue weighted by molar-refractivity contribution is -0.0190. The molecule has 5 rings (SSSR count). The van der Waals surface area contributed by atoms with E-state index in [2.05, 4.69) is 6.07 Å². The van der Waals surface area contributed by atoms with Gasteiger partial charge in [0, 0.05) is 33.2 Å². The van der Waals surface area contributed by atoms with Gasteiger partial charge in [-0.05, 0) is 42.5 Å². The second kappa shape index (κ2) is 7.29. The highest BCUT2D eigenvalue weighted by Crippen LogP contribution is 2.48. The Morgan fingerprint density at radius 3 is 2.59 bits per heavy atom. The van der Waals surface area contributed by atoms with Crippen molar-refractivity contribution in [2.24, 2.45) is 5.10 Å². The van der Waals surface area contributed by atoms with Crippen LogP contribution in [0.5, 0.6) is 11.5 Å². The van der Waals surface area contributed by atoms with Crippen LogP contribution in [0.4, 0.5) is 0 Å².